The van der Waals surface area contributed by atoms with Crippen molar-refractivity contribution in [2.45, 2.75) is 31.3 Å². The molecule has 0 unspecified atom stereocenters. The van der Waals surface area contributed by atoms with Crippen LogP contribution in [0.15, 0.2) is 69.9 Å². The lowest BCUT2D eigenvalue weighted by molar-refractivity contribution is -0.121. The molecule has 1 fully saturated rings. The van der Waals surface area contributed by atoms with E-state index in [9.17, 15) is 14.7 Å². The molecule has 2 N–H and O–H groups in total. The number of nitrogens with one attached hydrogen (secondary N) is 1. The fourth-order valence-corrected chi connectivity index (χ4v) is 5.47. The number of aryl methyl sites for hydroxylation is 1. The van der Waals surface area contributed by atoms with Gasteiger partial charge in [0.15, 0.2) is 28.6 Å². The molecule has 196 valence electrons. The van der Waals surface area contributed by atoms with E-state index in [1.54, 1.807) is 35.9 Å². The van der Waals surface area contributed by atoms with E-state index < -0.39 is 0 Å². The molecule has 2 aliphatic rings. The molecule has 3 heterocycles. The van der Waals surface area contributed by atoms with Crippen LogP contribution in [0.4, 0.5) is 0 Å². The van der Waals surface area contributed by atoms with Crippen molar-refractivity contribution in [1.82, 2.24) is 14.8 Å². The van der Waals surface area contributed by atoms with Gasteiger partial charge in [0.1, 0.15) is 0 Å². The zero-order chi connectivity index (χ0) is 26.2. The first-order valence-corrected chi connectivity index (χ1v) is 12.8. The number of carbonyl (C=O) groups excluding carboxylic acids is 1. The Morgan fingerprint density at radius 3 is 2.74 bits per heavy atom. The Kier molecular flexibility index (Phi) is 6.29. The van der Waals surface area contributed by atoms with Gasteiger partial charge < -0.3 is 24.3 Å². The number of hydrogen-bond donors (Lipinski definition) is 2. The molecule has 4 aromatic rings. The third kappa shape index (κ3) is 4.61. The number of phenolic OH excluding ortho intramolecular Hbond substituents is 1. The number of benzene rings is 3. The SMILES string of the molecule is COc1ccc2cc1Oc1cc(ccc1O)CCC(=O)N[C@@H]1CN(CCn3c(=O)oc4ccccc43)C[C@@H]21. The number of methoxy groups -OCH3 is 1. The highest BCUT2D eigenvalue weighted by Crippen LogP contribution is 2.40. The number of nitrogens with zero attached hydrogens (tertiary/aromatic N) is 2. The lowest BCUT2D eigenvalue weighted by Gasteiger charge is -2.21. The number of ether oxygens (including phenoxy) is 2. The van der Waals surface area contributed by atoms with E-state index in [2.05, 4.69) is 10.2 Å². The minimum absolute atomic E-state index is 0.00230. The topological polar surface area (TPSA) is 106 Å². The van der Waals surface area contributed by atoms with Crippen LogP contribution < -0.4 is 20.5 Å². The number of likely N-dealkylation sites (tertiary alicyclic amines) is 1. The lowest BCUT2D eigenvalue weighted by atomic mass is 9.93. The van der Waals surface area contributed by atoms with Crippen LogP contribution in [0.25, 0.3) is 11.1 Å². The zero-order valence-corrected chi connectivity index (χ0v) is 21.1. The minimum atomic E-state index is -0.371. The van der Waals surface area contributed by atoms with Crippen LogP contribution in [-0.2, 0) is 17.8 Å². The smallest absolute Gasteiger partial charge is 0.419 e. The number of oxazole rings is 1. The van der Waals surface area contributed by atoms with Gasteiger partial charge in [-0.05, 0) is 53.9 Å². The van der Waals surface area contributed by atoms with Crippen molar-refractivity contribution >= 4 is 17.0 Å². The molecule has 2 atom stereocenters. The molecular formula is C29H29N3O6. The van der Waals surface area contributed by atoms with Crippen molar-refractivity contribution in [3.05, 3.63) is 82.3 Å². The molecule has 1 saturated heterocycles. The number of fused-ring (bicyclic) bond motifs is 7. The van der Waals surface area contributed by atoms with Gasteiger partial charge in [-0.2, -0.15) is 0 Å². The van der Waals surface area contributed by atoms with Crippen LogP contribution in [0.3, 0.4) is 0 Å². The summed E-state index contributed by atoms with van der Waals surface area (Å²) in [6.45, 7) is 2.45. The van der Waals surface area contributed by atoms with Crippen LogP contribution in [0, 0.1) is 0 Å². The molecule has 0 spiro atoms. The number of aromatic hydroxyl groups is 1. The summed E-state index contributed by atoms with van der Waals surface area (Å²) in [6, 6.07) is 18.2. The van der Waals surface area contributed by atoms with Crippen LogP contribution >= 0.6 is 0 Å². The Bertz CT molecular complexity index is 1560. The molecule has 6 rings (SSSR count). The Morgan fingerprint density at radius 2 is 1.87 bits per heavy atom. The monoisotopic (exact) mass is 515 g/mol. The maximum absolute atomic E-state index is 13.0. The normalized spacial score (nSPS) is 19.6. The van der Waals surface area contributed by atoms with E-state index in [-0.39, 0.29) is 29.4 Å². The molecule has 4 bridgehead atoms. The molecule has 1 aromatic heterocycles. The van der Waals surface area contributed by atoms with E-state index in [0.29, 0.717) is 61.9 Å². The van der Waals surface area contributed by atoms with Gasteiger partial charge in [0, 0.05) is 44.6 Å². The Hall–Kier alpha value is -4.24. The van der Waals surface area contributed by atoms with Gasteiger partial charge in [-0.15, -0.1) is 0 Å². The van der Waals surface area contributed by atoms with E-state index in [1.165, 1.54) is 0 Å². The number of rotatable bonds is 4. The van der Waals surface area contributed by atoms with Crippen molar-refractivity contribution < 1.29 is 23.8 Å². The van der Waals surface area contributed by atoms with Crippen LogP contribution in [-0.4, -0.2) is 53.3 Å². The predicted molar refractivity (Wildman–Crippen MR) is 141 cm³/mol. The quantitative estimate of drug-likeness (QED) is 0.428. The summed E-state index contributed by atoms with van der Waals surface area (Å²) >= 11 is 0. The number of carbonyl (C=O) groups is 1. The standard InChI is InChI=1S/C29H29N3O6/c1-36-25-10-8-19-15-27(25)37-26-14-18(6-9-23(26)33)7-11-28(34)30-21-17-31(16-20(19)21)12-13-32-22-4-2-3-5-24(22)38-29(32)35/h2-6,8-10,14-15,20-21,33H,7,11-13,16-17H2,1H3,(H,30,34)/t20-,21+/m0/s1. The largest absolute Gasteiger partial charge is 0.504 e. The molecule has 0 aliphatic carbocycles. The fourth-order valence-electron chi connectivity index (χ4n) is 5.47. The molecule has 0 radical (unpaired) electrons. The van der Waals surface area contributed by atoms with Crippen molar-refractivity contribution in [2.24, 2.45) is 0 Å². The number of phenols is 1. The second kappa shape index (κ2) is 9.90. The minimum Gasteiger partial charge on any atom is -0.504 e. The maximum Gasteiger partial charge on any atom is 0.419 e. The van der Waals surface area contributed by atoms with Gasteiger partial charge in [0.25, 0.3) is 0 Å². The van der Waals surface area contributed by atoms with Crippen molar-refractivity contribution in [3.63, 3.8) is 0 Å². The number of hydrogen-bond acceptors (Lipinski definition) is 7. The molecule has 2 aliphatic heterocycles. The summed E-state index contributed by atoms with van der Waals surface area (Å²) in [6.07, 6.45) is 0.847. The van der Waals surface area contributed by atoms with Gasteiger partial charge in [-0.25, -0.2) is 4.79 Å². The average Bonchev–Trinajstić information content (AvgIpc) is 3.46. The predicted octanol–water partition coefficient (Wildman–Crippen LogP) is 3.63. The first-order valence-electron chi connectivity index (χ1n) is 12.8. The molecule has 3 aromatic carbocycles. The molecule has 9 nitrogen and oxygen atoms in total. The summed E-state index contributed by atoms with van der Waals surface area (Å²) < 4.78 is 18.7. The van der Waals surface area contributed by atoms with Gasteiger partial charge in [0.2, 0.25) is 5.91 Å². The van der Waals surface area contributed by atoms with E-state index in [0.717, 1.165) is 16.6 Å². The molecule has 38 heavy (non-hydrogen) atoms. The molecular weight excluding hydrogens is 486 g/mol. The first kappa shape index (κ1) is 24.1. The van der Waals surface area contributed by atoms with Gasteiger partial charge in [-0.1, -0.05) is 24.3 Å². The van der Waals surface area contributed by atoms with Crippen LogP contribution in [0.1, 0.15) is 23.5 Å². The maximum atomic E-state index is 13.0. The summed E-state index contributed by atoms with van der Waals surface area (Å²) in [5.74, 6) is 0.994. The van der Waals surface area contributed by atoms with Gasteiger partial charge in [0.05, 0.1) is 12.6 Å². The number of aromatic nitrogens is 1. The van der Waals surface area contributed by atoms with Crippen molar-refractivity contribution in [3.8, 4) is 23.0 Å². The highest BCUT2D eigenvalue weighted by molar-refractivity contribution is 5.77. The Morgan fingerprint density at radius 1 is 1.00 bits per heavy atom. The highest BCUT2D eigenvalue weighted by atomic mass is 16.5. The average molecular weight is 516 g/mol. The Balaban J connectivity index is 1.30. The first-order chi connectivity index (χ1) is 18.5. The van der Waals surface area contributed by atoms with E-state index in [1.807, 2.05) is 36.4 Å². The van der Waals surface area contributed by atoms with Crippen LogP contribution in [0.5, 0.6) is 23.0 Å². The van der Waals surface area contributed by atoms with Gasteiger partial charge >= 0.3 is 5.76 Å². The molecule has 1 amide bonds. The van der Waals surface area contributed by atoms with E-state index in [4.69, 9.17) is 13.9 Å². The Labute approximate surface area is 219 Å². The number of para-hydroxylation sites is 2. The van der Waals surface area contributed by atoms with Crippen molar-refractivity contribution in [1.29, 1.82) is 0 Å². The van der Waals surface area contributed by atoms with Crippen LogP contribution in [0.2, 0.25) is 0 Å². The lowest BCUT2D eigenvalue weighted by Crippen LogP contribution is -2.40. The second-order valence-electron chi connectivity index (χ2n) is 9.84. The zero-order valence-electron chi connectivity index (χ0n) is 21.1. The molecule has 0 saturated carbocycles. The van der Waals surface area contributed by atoms with Gasteiger partial charge in [-0.3, -0.25) is 14.3 Å². The summed E-state index contributed by atoms with van der Waals surface area (Å²) in [4.78, 5) is 27.7. The third-order valence-corrected chi connectivity index (χ3v) is 7.46. The summed E-state index contributed by atoms with van der Waals surface area (Å²) in [5.41, 5.74) is 3.24. The second-order valence-corrected chi connectivity index (χ2v) is 9.84. The number of amides is 1. The highest BCUT2D eigenvalue weighted by Gasteiger charge is 2.35. The van der Waals surface area contributed by atoms with Crippen molar-refractivity contribution in [2.75, 3.05) is 26.7 Å². The fraction of sp³-hybridized carbons (Fsp3) is 0.310. The molecule has 9 heteroatoms. The summed E-state index contributed by atoms with van der Waals surface area (Å²) in [5, 5.41) is 13.7. The third-order valence-electron chi connectivity index (χ3n) is 7.46. The summed E-state index contributed by atoms with van der Waals surface area (Å²) in [7, 11) is 1.58. The van der Waals surface area contributed by atoms with E-state index >= 15 is 0 Å².